The average molecular weight is 395 g/mol. The number of fused-ring (bicyclic) bond motifs is 2. The van der Waals surface area contributed by atoms with Gasteiger partial charge < -0.3 is 14.4 Å². The van der Waals surface area contributed by atoms with Crippen LogP contribution in [0.4, 0.5) is 0 Å². The number of nitrogens with zero attached hydrogens (tertiary/aromatic N) is 5. The number of carbonyl (C=O) groups excluding carboxylic acids is 1. The zero-order valence-corrected chi connectivity index (χ0v) is 17.4. The smallest absolute Gasteiger partial charge is 0.252 e. The van der Waals surface area contributed by atoms with Crippen molar-refractivity contribution in [2.45, 2.75) is 46.1 Å². The van der Waals surface area contributed by atoms with Crippen molar-refractivity contribution in [3.05, 3.63) is 47.0 Å². The topological polar surface area (TPSA) is 81.9 Å². The number of aryl methyl sites for hydroxylation is 2. The van der Waals surface area contributed by atoms with Crippen LogP contribution in [0.1, 0.15) is 42.8 Å². The van der Waals surface area contributed by atoms with Crippen molar-refractivity contribution >= 4 is 11.7 Å². The van der Waals surface area contributed by atoms with Crippen molar-refractivity contribution in [1.29, 1.82) is 0 Å². The third-order valence-electron chi connectivity index (χ3n) is 5.87. The molecule has 4 rings (SSSR count). The molecule has 0 spiro atoms. The van der Waals surface area contributed by atoms with Gasteiger partial charge >= 0.3 is 0 Å². The van der Waals surface area contributed by atoms with Gasteiger partial charge in [0.2, 0.25) is 12.7 Å². The molecule has 0 aliphatic carbocycles. The van der Waals surface area contributed by atoms with E-state index < -0.39 is 5.54 Å². The Kier molecular flexibility index (Phi) is 4.64. The van der Waals surface area contributed by atoms with Crippen LogP contribution in [0.3, 0.4) is 0 Å². The number of carbonyl (C=O) groups is 1. The fourth-order valence-corrected chi connectivity index (χ4v) is 3.70. The first-order chi connectivity index (χ1) is 13.8. The molecule has 3 aromatic rings. The molecule has 152 valence electrons. The van der Waals surface area contributed by atoms with Crippen LogP contribution >= 0.6 is 0 Å². The Bertz CT molecular complexity index is 1090. The summed E-state index contributed by atoms with van der Waals surface area (Å²) in [6, 6.07) is 5.82. The van der Waals surface area contributed by atoms with Crippen LogP contribution in [-0.2, 0) is 16.8 Å². The molecule has 0 saturated heterocycles. The minimum Gasteiger partial charge on any atom is -0.454 e. The van der Waals surface area contributed by atoms with Gasteiger partial charge in [-0.3, -0.25) is 4.79 Å². The summed E-state index contributed by atoms with van der Waals surface area (Å²) in [4.78, 5) is 23.4. The highest BCUT2D eigenvalue weighted by Gasteiger charge is 2.31. The summed E-state index contributed by atoms with van der Waals surface area (Å²) in [5.41, 5.74) is 3.39. The van der Waals surface area contributed by atoms with Gasteiger partial charge in [0, 0.05) is 24.9 Å². The Balaban J connectivity index is 1.51. The molecule has 3 heterocycles. The molecule has 0 bridgehead atoms. The molecule has 1 amide bonds. The molecule has 2 aromatic heterocycles. The molecule has 8 nitrogen and oxygen atoms in total. The standard InChI is InChI=1S/C21H25N5O3/c1-13-16(14(2)26-20(24-13)22-11-23-26)7-9-19(27)25(5)21(3,4)15-6-8-17-18(10-15)29-12-28-17/h6,8,10-11H,7,9,12H2,1-5H3. The van der Waals surface area contributed by atoms with E-state index in [1.54, 1.807) is 9.42 Å². The Morgan fingerprint density at radius 1 is 1.24 bits per heavy atom. The lowest BCUT2D eigenvalue weighted by atomic mass is 9.91. The largest absolute Gasteiger partial charge is 0.454 e. The fourth-order valence-electron chi connectivity index (χ4n) is 3.70. The molecule has 1 aliphatic heterocycles. The van der Waals surface area contributed by atoms with E-state index in [2.05, 4.69) is 15.1 Å². The maximum Gasteiger partial charge on any atom is 0.252 e. The molecule has 0 unspecified atom stereocenters. The van der Waals surface area contributed by atoms with E-state index in [1.165, 1.54) is 6.33 Å². The number of benzene rings is 1. The molecule has 0 fully saturated rings. The summed E-state index contributed by atoms with van der Waals surface area (Å²) < 4.78 is 12.6. The van der Waals surface area contributed by atoms with Gasteiger partial charge in [-0.05, 0) is 57.4 Å². The van der Waals surface area contributed by atoms with Crippen LogP contribution in [0.2, 0.25) is 0 Å². The van der Waals surface area contributed by atoms with Gasteiger partial charge in [0.15, 0.2) is 11.5 Å². The highest BCUT2D eigenvalue weighted by Crippen LogP contribution is 2.37. The normalized spacial score (nSPS) is 13.1. The maximum absolute atomic E-state index is 13.0. The van der Waals surface area contributed by atoms with Gasteiger partial charge in [-0.1, -0.05) is 6.07 Å². The lowest BCUT2D eigenvalue weighted by Crippen LogP contribution is -2.42. The van der Waals surface area contributed by atoms with Crippen LogP contribution < -0.4 is 9.47 Å². The lowest BCUT2D eigenvalue weighted by Gasteiger charge is -2.36. The van der Waals surface area contributed by atoms with E-state index in [9.17, 15) is 4.79 Å². The Labute approximate surface area is 169 Å². The van der Waals surface area contributed by atoms with Gasteiger partial charge in [-0.25, -0.2) is 9.50 Å². The summed E-state index contributed by atoms with van der Waals surface area (Å²) in [5.74, 6) is 2.09. The quantitative estimate of drug-likeness (QED) is 0.661. The Morgan fingerprint density at radius 3 is 2.79 bits per heavy atom. The summed E-state index contributed by atoms with van der Waals surface area (Å²) in [7, 11) is 1.84. The second kappa shape index (κ2) is 7.02. The molecular weight excluding hydrogens is 370 g/mol. The minimum absolute atomic E-state index is 0.0603. The molecular formula is C21H25N5O3. The molecule has 8 heteroatoms. The number of aromatic nitrogens is 4. The maximum atomic E-state index is 13.0. The van der Waals surface area contributed by atoms with Crippen molar-refractivity contribution < 1.29 is 14.3 Å². The zero-order chi connectivity index (χ0) is 20.8. The predicted octanol–water partition coefficient (Wildman–Crippen LogP) is 2.80. The summed E-state index contributed by atoms with van der Waals surface area (Å²) >= 11 is 0. The van der Waals surface area contributed by atoms with Gasteiger partial charge in [0.05, 0.1) is 5.54 Å². The van der Waals surface area contributed by atoms with Gasteiger partial charge in [0.1, 0.15) is 6.33 Å². The lowest BCUT2D eigenvalue weighted by molar-refractivity contribution is -0.134. The van der Waals surface area contributed by atoms with E-state index >= 15 is 0 Å². The number of hydrogen-bond donors (Lipinski definition) is 0. The zero-order valence-electron chi connectivity index (χ0n) is 17.4. The second-order valence-corrected chi connectivity index (χ2v) is 7.81. The summed E-state index contributed by atoms with van der Waals surface area (Å²) in [6.07, 6.45) is 2.47. The van der Waals surface area contributed by atoms with Crippen LogP contribution in [0.5, 0.6) is 11.5 Å². The number of amides is 1. The third kappa shape index (κ3) is 3.28. The molecule has 0 N–H and O–H groups in total. The second-order valence-electron chi connectivity index (χ2n) is 7.81. The SMILES string of the molecule is Cc1nc2ncnn2c(C)c1CCC(=O)N(C)C(C)(C)c1ccc2c(c1)OCO2. The van der Waals surface area contributed by atoms with Crippen LogP contribution in [-0.4, -0.2) is 44.2 Å². The van der Waals surface area contributed by atoms with E-state index in [0.29, 0.717) is 18.6 Å². The molecule has 0 radical (unpaired) electrons. The van der Waals surface area contributed by atoms with Crippen molar-refractivity contribution in [2.24, 2.45) is 0 Å². The van der Waals surface area contributed by atoms with Crippen LogP contribution in [0.15, 0.2) is 24.5 Å². The first-order valence-corrected chi connectivity index (χ1v) is 9.61. The molecule has 0 atom stereocenters. The minimum atomic E-state index is -0.490. The molecule has 1 aromatic carbocycles. The van der Waals surface area contributed by atoms with Crippen LogP contribution in [0.25, 0.3) is 5.78 Å². The fraction of sp³-hybridized carbons (Fsp3) is 0.429. The summed E-state index contributed by atoms with van der Waals surface area (Å²) in [6.45, 7) is 8.22. The van der Waals surface area contributed by atoms with Crippen molar-refractivity contribution in [3.63, 3.8) is 0 Å². The Morgan fingerprint density at radius 2 is 2.00 bits per heavy atom. The molecule has 1 aliphatic rings. The van der Waals surface area contributed by atoms with E-state index in [0.717, 1.165) is 34.0 Å². The van der Waals surface area contributed by atoms with E-state index in [1.807, 2.05) is 52.9 Å². The number of ether oxygens (including phenoxy) is 2. The van der Waals surface area contributed by atoms with Gasteiger partial charge in [0.25, 0.3) is 5.78 Å². The average Bonchev–Trinajstić information content (AvgIpc) is 3.35. The van der Waals surface area contributed by atoms with Crippen molar-refractivity contribution in [3.8, 4) is 11.5 Å². The predicted molar refractivity (Wildman–Crippen MR) is 107 cm³/mol. The van der Waals surface area contributed by atoms with Gasteiger partial charge in [-0.2, -0.15) is 10.1 Å². The number of rotatable bonds is 5. The monoisotopic (exact) mass is 395 g/mol. The van der Waals surface area contributed by atoms with Crippen molar-refractivity contribution in [1.82, 2.24) is 24.5 Å². The third-order valence-corrected chi connectivity index (χ3v) is 5.87. The summed E-state index contributed by atoms with van der Waals surface area (Å²) in [5, 5.41) is 4.22. The first-order valence-electron chi connectivity index (χ1n) is 9.61. The van der Waals surface area contributed by atoms with Crippen LogP contribution in [0, 0.1) is 13.8 Å². The van der Waals surface area contributed by atoms with E-state index in [-0.39, 0.29) is 12.7 Å². The molecule has 29 heavy (non-hydrogen) atoms. The number of hydrogen-bond acceptors (Lipinski definition) is 6. The van der Waals surface area contributed by atoms with Gasteiger partial charge in [-0.15, -0.1) is 0 Å². The molecule has 0 saturated carbocycles. The van der Waals surface area contributed by atoms with Crippen molar-refractivity contribution in [2.75, 3.05) is 13.8 Å². The first kappa shape index (κ1) is 19.2. The Hall–Kier alpha value is -3.16. The highest BCUT2D eigenvalue weighted by atomic mass is 16.7. The highest BCUT2D eigenvalue weighted by molar-refractivity contribution is 5.77. The van der Waals surface area contributed by atoms with E-state index in [4.69, 9.17) is 9.47 Å².